The second-order valence-corrected chi connectivity index (χ2v) is 7.16. The third-order valence-corrected chi connectivity index (χ3v) is 4.41. The molecule has 1 heterocycles. The molecule has 0 unspecified atom stereocenters. The minimum Gasteiger partial charge on any atom is -0.353 e. The minimum atomic E-state index is -0.152. The van der Waals surface area contributed by atoms with Gasteiger partial charge in [-0.3, -0.25) is 4.79 Å². The molecule has 1 N–H and O–H groups in total. The molecule has 1 amide bonds. The predicted octanol–water partition coefficient (Wildman–Crippen LogP) is 3.61. The van der Waals surface area contributed by atoms with Crippen LogP contribution in [-0.2, 0) is 6.54 Å². The molecule has 0 aliphatic rings. The smallest absolute Gasteiger partial charge is 0.277 e. The molecule has 0 radical (unpaired) electrons. The molecule has 1 aromatic heterocycles. The van der Waals surface area contributed by atoms with Gasteiger partial charge in [0, 0.05) is 24.5 Å². The Hall–Kier alpha value is -3.25. The van der Waals surface area contributed by atoms with Crippen molar-refractivity contribution in [3.63, 3.8) is 0 Å². The first-order chi connectivity index (χ1) is 14.0. The summed E-state index contributed by atoms with van der Waals surface area (Å²) in [5.74, 6) is 0.323. The Labute approximate surface area is 172 Å². The Morgan fingerprint density at radius 3 is 2.28 bits per heavy atom. The molecule has 0 aliphatic heterocycles. The van der Waals surface area contributed by atoms with Crippen LogP contribution in [0, 0.1) is 6.92 Å². The summed E-state index contributed by atoms with van der Waals surface area (Å²) in [7, 11) is 4.02. The Morgan fingerprint density at radius 2 is 1.62 bits per heavy atom. The van der Waals surface area contributed by atoms with Gasteiger partial charge in [-0.05, 0) is 44.8 Å². The van der Waals surface area contributed by atoms with Gasteiger partial charge >= 0.3 is 0 Å². The maximum Gasteiger partial charge on any atom is 0.277 e. The number of benzene rings is 2. The number of nitrogens with zero attached hydrogens (tertiary/aromatic N) is 4. The van der Waals surface area contributed by atoms with Crippen molar-refractivity contribution < 1.29 is 4.79 Å². The van der Waals surface area contributed by atoms with Crippen LogP contribution in [0.25, 0.3) is 0 Å². The molecule has 2 aromatic carbocycles. The number of carbonyl (C=O) groups excluding carboxylic acids is 1. The predicted molar refractivity (Wildman–Crippen MR) is 117 cm³/mol. The molecule has 6 heteroatoms. The van der Waals surface area contributed by atoms with Crippen molar-refractivity contribution in [2.75, 3.05) is 37.4 Å². The van der Waals surface area contributed by atoms with Gasteiger partial charge in [0.05, 0.1) is 6.54 Å². The number of likely N-dealkylation sites (N-methyl/N-ethyl adjacent to an activating group) is 1. The van der Waals surface area contributed by atoms with Crippen molar-refractivity contribution in [1.29, 1.82) is 0 Å². The molecule has 0 saturated carbocycles. The molecule has 6 nitrogen and oxygen atoms in total. The standard InChI is InChI=1S/C23H27N5O/c1-18-16-21(26-23(25-18)24-14-15-27(2)3)22(29)28(20-12-8-5-9-13-20)17-19-10-6-4-7-11-19/h4-13,16H,14-15,17H2,1-3H3,(H,24,25,26). The second-order valence-electron chi connectivity index (χ2n) is 7.16. The number of anilines is 2. The van der Waals surface area contributed by atoms with Gasteiger partial charge in [-0.15, -0.1) is 0 Å². The first-order valence-corrected chi connectivity index (χ1v) is 9.68. The van der Waals surface area contributed by atoms with E-state index in [4.69, 9.17) is 0 Å². The lowest BCUT2D eigenvalue weighted by molar-refractivity contribution is 0.0980. The Kier molecular flexibility index (Phi) is 6.92. The summed E-state index contributed by atoms with van der Waals surface area (Å²) in [5.41, 5.74) is 3.02. The van der Waals surface area contributed by atoms with Crippen LogP contribution < -0.4 is 10.2 Å². The molecule has 150 valence electrons. The highest BCUT2D eigenvalue weighted by molar-refractivity contribution is 6.04. The van der Waals surface area contributed by atoms with Crippen molar-refractivity contribution in [2.45, 2.75) is 13.5 Å². The van der Waals surface area contributed by atoms with Gasteiger partial charge in [-0.25, -0.2) is 9.97 Å². The number of aryl methyl sites for hydroxylation is 1. The van der Waals surface area contributed by atoms with Crippen LogP contribution in [0.2, 0.25) is 0 Å². The molecule has 0 atom stereocenters. The van der Waals surface area contributed by atoms with Gasteiger partial charge in [0.15, 0.2) is 0 Å². The molecule has 0 fully saturated rings. The van der Waals surface area contributed by atoms with E-state index in [1.165, 1.54) is 0 Å². The van der Waals surface area contributed by atoms with Crippen molar-refractivity contribution in [2.24, 2.45) is 0 Å². The fourth-order valence-corrected chi connectivity index (χ4v) is 2.94. The van der Waals surface area contributed by atoms with Crippen LogP contribution in [0.1, 0.15) is 21.7 Å². The van der Waals surface area contributed by atoms with Crippen molar-refractivity contribution in [3.05, 3.63) is 83.7 Å². The van der Waals surface area contributed by atoms with Crippen molar-refractivity contribution in [3.8, 4) is 0 Å². The quantitative estimate of drug-likeness (QED) is 0.638. The first-order valence-electron chi connectivity index (χ1n) is 9.68. The number of amides is 1. The summed E-state index contributed by atoms with van der Waals surface area (Å²) in [6.45, 7) is 3.90. The number of rotatable bonds is 8. The lowest BCUT2D eigenvalue weighted by Gasteiger charge is -2.23. The molecular weight excluding hydrogens is 362 g/mol. The van der Waals surface area contributed by atoms with Crippen LogP contribution >= 0.6 is 0 Å². The zero-order valence-electron chi connectivity index (χ0n) is 17.2. The Bertz CT molecular complexity index is 929. The summed E-state index contributed by atoms with van der Waals surface area (Å²) in [4.78, 5) is 26.2. The van der Waals surface area contributed by atoms with E-state index in [1.807, 2.05) is 81.7 Å². The number of nitrogens with one attached hydrogen (secondary N) is 1. The fraction of sp³-hybridized carbons (Fsp3) is 0.261. The van der Waals surface area contributed by atoms with Crippen LogP contribution in [0.15, 0.2) is 66.7 Å². The SMILES string of the molecule is Cc1cc(C(=O)N(Cc2ccccc2)c2ccccc2)nc(NCCN(C)C)n1. The average Bonchev–Trinajstić information content (AvgIpc) is 2.72. The normalized spacial score (nSPS) is 10.8. The number of carbonyl (C=O) groups is 1. The second kappa shape index (κ2) is 9.80. The van der Waals surface area contributed by atoms with Crippen LogP contribution in [-0.4, -0.2) is 48.0 Å². The maximum atomic E-state index is 13.4. The summed E-state index contributed by atoms with van der Waals surface area (Å²) in [6, 6.07) is 21.4. The minimum absolute atomic E-state index is 0.152. The highest BCUT2D eigenvalue weighted by atomic mass is 16.2. The highest BCUT2D eigenvalue weighted by Gasteiger charge is 2.20. The zero-order valence-corrected chi connectivity index (χ0v) is 17.2. The number of hydrogen-bond acceptors (Lipinski definition) is 5. The van der Waals surface area contributed by atoms with Crippen LogP contribution in [0.3, 0.4) is 0 Å². The topological polar surface area (TPSA) is 61.4 Å². The van der Waals surface area contributed by atoms with E-state index in [-0.39, 0.29) is 5.91 Å². The van der Waals surface area contributed by atoms with Crippen LogP contribution in [0.4, 0.5) is 11.6 Å². The number of hydrogen-bond donors (Lipinski definition) is 1. The molecule has 0 bridgehead atoms. The lowest BCUT2D eigenvalue weighted by Crippen LogP contribution is -2.31. The van der Waals surface area contributed by atoms with E-state index >= 15 is 0 Å². The summed E-state index contributed by atoms with van der Waals surface area (Å²) < 4.78 is 0. The molecule has 0 spiro atoms. The van der Waals surface area contributed by atoms with Gasteiger partial charge in [0.1, 0.15) is 5.69 Å². The molecule has 29 heavy (non-hydrogen) atoms. The number of para-hydroxylation sites is 1. The van der Waals surface area contributed by atoms with Gasteiger partial charge < -0.3 is 15.1 Å². The van der Waals surface area contributed by atoms with E-state index in [9.17, 15) is 4.79 Å². The van der Waals surface area contributed by atoms with Crippen molar-refractivity contribution in [1.82, 2.24) is 14.9 Å². The largest absolute Gasteiger partial charge is 0.353 e. The van der Waals surface area contributed by atoms with E-state index in [0.29, 0.717) is 24.7 Å². The third-order valence-electron chi connectivity index (χ3n) is 4.41. The Balaban J connectivity index is 1.88. The zero-order chi connectivity index (χ0) is 20.6. The maximum absolute atomic E-state index is 13.4. The lowest BCUT2D eigenvalue weighted by atomic mass is 10.1. The van der Waals surface area contributed by atoms with E-state index in [1.54, 1.807) is 11.0 Å². The fourth-order valence-electron chi connectivity index (χ4n) is 2.94. The summed E-state index contributed by atoms with van der Waals surface area (Å²) in [5, 5.41) is 3.21. The molecular formula is C23H27N5O. The van der Waals surface area contributed by atoms with E-state index in [0.717, 1.165) is 23.5 Å². The van der Waals surface area contributed by atoms with Crippen LogP contribution in [0.5, 0.6) is 0 Å². The summed E-state index contributed by atoms with van der Waals surface area (Å²) >= 11 is 0. The number of aromatic nitrogens is 2. The first kappa shape index (κ1) is 20.5. The Morgan fingerprint density at radius 1 is 0.966 bits per heavy atom. The average molecular weight is 390 g/mol. The van der Waals surface area contributed by atoms with Gasteiger partial charge in [0.25, 0.3) is 5.91 Å². The molecule has 0 saturated heterocycles. The highest BCUT2D eigenvalue weighted by Crippen LogP contribution is 2.20. The monoisotopic (exact) mass is 389 g/mol. The van der Waals surface area contributed by atoms with Gasteiger partial charge in [-0.1, -0.05) is 48.5 Å². The van der Waals surface area contributed by atoms with Gasteiger partial charge in [0.2, 0.25) is 5.95 Å². The summed E-state index contributed by atoms with van der Waals surface area (Å²) in [6.07, 6.45) is 0. The third kappa shape index (κ3) is 5.86. The van der Waals surface area contributed by atoms with Crippen molar-refractivity contribution >= 4 is 17.5 Å². The molecule has 3 aromatic rings. The van der Waals surface area contributed by atoms with E-state index < -0.39 is 0 Å². The van der Waals surface area contributed by atoms with E-state index in [2.05, 4.69) is 20.2 Å². The molecule has 0 aliphatic carbocycles. The molecule has 3 rings (SSSR count). The van der Waals surface area contributed by atoms with Gasteiger partial charge in [-0.2, -0.15) is 0 Å².